The number of nitrogens with zero attached hydrogens (tertiary/aromatic N) is 2. The third-order valence-corrected chi connectivity index (χ3v) is 1.81. The van der Waals surface area contributed by atoms with Crippen LogP contribution in [0.1, 0.15) is 12.8 Å². The highest BCUT2D eigenvalue weighted by Crippen LogP contribution is 2.18. The summed E-state index contributed by atoms with van der Waals surface area (Å²) >= 11 is 0. The third kappa shape index (κ3) is 1.61. The van der Waals surface area contributed by atoms with E-state index in [1.807, 2.05) is 0 Å². The first-order valence-corrected chi connectivity index (χ1v) is 3.75. The lowest BCUT2D eigenvalue weighted by Crippen LogP contribution is -2.40. The number of carbonyl (C=O) groups is 1. The first-order valence-electron chi connectivity index (χ1n) is 3.75. The third-order valence-electron chi connectivity index (χ3n) is 1.81. The number of amides is 2. The van der Waals surface area contributed by atoms with Crippen LogP contribution < -0.4 is 0 Å². The predicted molar refractivity (Wildman–Crippen MR) is 39.9 cm³/mol. The van der Waals surface area contributed by atoms with Gasteiger partial charge in [0, 0.05) is 20.6 Å². The van der Waals surface area contributed by atoms with Crippen LogP contribution in [-0.2, 0) is 0 Å². The summed E-state index contributed by atoms with van der Waals surface area (Å²) in [4.78, 5) is 13.8. The zero-order chi connectivity index (χ0) is 8.43. The van der Waals surface area contributed by atoms with E-state index in [0.717, 1.165) is 6.42 Å². The summed E-state index contributed by atoms with van der Waals surface area (Å²) in [5.41, 5.74) is 0. The number of halogens is 1. The van der Waals surface area contributed by atoms with Gasteiger partial charge in [-0.15, -0.1) is 0 Å². The van der Waals surface area contributed by atoms with Gasteiger partial charge in [0.15, 0.2) is 6.30 Å². The Morgan fingerprint density at radius 3 is 2.64 bits per heavy atom. The Bertz CT molecular complexity index is 161. The van der Waals surface area contributed by atoms with Crippen LogP contribution in [0, 0.1) is 0 Å². The summed E-state index contributed by atoms with van der Waals surface area (Å²) in [6.07, 6.45) is 0.199. The maximum atomic E-state index is 12.9. The average molecular weight is 160 g/mol. The molecule has 0 aromatic heterocycles. The molecule has 1 aliphatic rings. The smallest absolute Gasteiger partial charge is 0.321 e. The molecule has 11 heavy (non-hydrogen) atoms. The minimum Gasteiger partial charge on any atom is -0.331 e. The van der Waals surface area contributed by atoms with Gasteiger partial charge in [0.05, 0.1) is 0 Å². The van der Waals surface area contributed by atoms with Crippen LogP contribution in [0.2, 0.25) is 0 Å². The predicted octanol–water partition coefficient (Wildman–Crippen LogP) is 1.06. The molecule has 0 N–H and O–H groups in total. The highest BCUT2D eigenvalue weighted by Gasteiger charge is 2.28. The van der Waals surface area contributed by atoms with Crippen LogP contribution in [-0.4, -0.2) is 42.8 Å². The van der Waals surface area contributed by atoms with Crippen LogP contribution in [0.15, 0.2) is 0 Å². The Morgan fingerprint density at radius 1 is 1.64 bits per heavy atom. The Balaban J connectivity index is 2.53. The lowest BCUT2D eigenvalue weighted by Gasteiger charge is -2.22. The van der Waals surface area contributed by atoms with E-state index in [0.29, 0.717) is 13.0 Å². The summed E-state index contributed by atoms with van der Waals surface area (Å²) in [5.74, 6) is 0. The normalized spacial score (nSPS) is 23.9. The van der Waals surface area contributed by atoms with Crippen molar-refractivity contribution in [2.45, 2.75) is 19.1 Å². The van der Waals surface area contributed by atoms with Crippen molar-refractivity contribution >= 4 is 6.03 Å². The fraction of sp³-hybridized carbons (Fsp3) is 0.857. The minimum atomic E-state index is -1.06. The van der Waals surface area contributed by atoms with Crippen molar-refractivity contribution in [1.29, 1.82) is 0 Å². The molecule has 0 saturated carbocycles. The van der Waals surface area contributed by atoms with Crippen LogP contribution >= 0.6 is 0 Å². The van der Waals surface area contributed by atoms with E-state index in [4.69, 9.17) is 0 Å². The van der Waals surface area contributed by atoms with Crippen molar-refractivity contribution in [1.82, 2.24) is 9.80 Å². The minimum absolute atomic E-state index is 0.227. The van der Waals surface area contributed by atoms with Crippen molar-refractivity contribution in [3.63, 3.8) is 0 Å². The molecular weight excluding hydrogens is 147 g/mol. The van der Waals surface area contributed by atoms with Gasteiger partial charge < -0.3 is 4.90 Å². The molecular formula is C7H13FN2O. The quantitative estimate of drug-likeness (QED) is 0.486. The molecule has 0 spiro atoms. The molecule has 0 aromatic carbocycles. The fourth-order valence-electron chi connectivity index (χ4n) is 1.20. The fourth-order valence-corrected chi connectivity index (χ4v) is 1.20. The second-order valence-electron chi connectivity index (χ2n) is 2.95. The molecule has 1 fully saturated rings. The molecule has 0 radical (unpaired) electrons. The van der Waals surface area contributed by atoms with Crippen LogP contribution in [0.25, 0.3) is 0 Å². The lowest BCUT2D eigenvalue weighted by molar-refractivity contribution is 0.119. The van der Waals surface area contributed by atoms with E-state index in [1.165, 1.54) is 9.80 Å². The van der Waals surface area contributed by atoms with Crippen molar-refractivity contribution in [2.75, 3.05) is 20.6 Å². The van der Waals surface area contributed by atoms with Crippen LogP contribution in [0.5, 0.6) is 0 Å². The molecule has 1 aliphatic heterocycles. The number of urea groups is 1. The number of hydrogen-bond acceptors (Lipinski definition) is 1. The Morgan fingerprint density at radius 2 is 2.27 bits per heavy atom. The Hall–Kier alpha value is -0.800. The van der Waals surface area contributed by atoms with Gasteiger partial charge in [0.1, 0.15) is 0 Å². The molecule has 2 amide bonds. The maximum Gasteiger partial charge on any atom is 0.321 e. The summed E-state index contributed by atoms with van der Waals surface area (Å²) in [6, 6.07) is -0.227. The topological polar surface area (TPSA) is 23.6 Å². The van der Waals surface area contributed by atoms with Gasteiger partial charge in [-0.05, 0) is 12.8 Å². The van der Waals surface area contributed by atoms with Crippen molar-refractivity contribution in [3.8, 4) is 0 Å². The number of alkyl halides is 1. The van der Waals surface area contributed by atoms with Crippen molar-refractivity contribution < 1.29 is 9.18 Å². The van der Waals surface area contributed by atoms with E-state index < -0.39 is 6.30 Å². The van der Waals surface area contributed by atoms with E-state index in [-0.39, 0.29) is 6.03 Å². The van der Waals surface area contributed by atoms with Gasteiger partial charge in [-0.2, -0.15) is 0 Å². The van der Waals surface area contributed by atoms with Crippen molar-refractivity contribution in [3.05, 3.63) is 0 Å². The van der Waals surface area contributed by atoms with Gasteiger partial charge in [0.2, 0.25) is 0 Å². The Labute approximate surface area is 65.8 Å². The molecule has 1 unspecified atom stereocenters. The van der Waals surface area contributed by atoms with E-state index in [9.17, 15) is 9.18 Å². The molecule has 1 rings (SSSR count). The van der Waals surface area contributed by atoms with Gasteiger partial charge in [-0.3, -0.25) is 4.90 Å². The lowest BCUT2D eigenvalue weighted by atomic mass is 10.4. The number of hydrogen-bond donors (Lipinski definition) is 0. The van der Waals surface area contributed by atoms with Crippen molar-refractivity contribution in [2.24, 2.45) is 0 Å². The van der Waals surface area contributed by atoms with E-state index >= 15 is 0 Å². The largest absolute Gasteiger partial charge is 0.331 e. The summed E-state index contributed by atoms with van der Waals surface area (Å²) in [5, 5.41) is 0. The molecule has 0 aromatic rings. The second kappa shape index (κ2) is 3.07. The average Bonchev–Trinajstić information content (AvgIpc) is 2.33. The maximum absolute atomic E-state index is 12.9. The van der Waals surface area contributed by atoms with E-state index in [1.54, 1.807) is 14.1 Å². The first-order chi connectivity index (χ1) is 5.13. The van der Waals surface area contributed by atoms with Gasteiger partial charge >= 0.3 is 6.03 Å². The summed E-state index contributed by atoms with van der Waals surface area (Å²) in [7, 11) is 3.26. The van der Waals surface area contributed by atoms with Crippen LogP contribution in [0.3, 0.4) is 0 Å². The zero-order valence-electron chi connectivity index (χ0n) is 6.88. The standard InChI is InChI=1S/C7H13FN2O/c1-9(2)7(11)10-5-3-4-6(10)8/h6H,3-5H2,1-2H3. The zero-order valence-corrected chi connectivity index (χ0v) is 6.88. The first kappa shape index (κ1) is 8.30. The van der Waals surface area contributed by atoms with E-state index in [2.05, 4.69) is 0 Å². The summed E-state index contributed by atoms with van der Waals surface area (Å²) < 4.78 is 12.9. The van der Waals surface area contributed by atoms with Gasteiger partial charge in [-0.25, -0.2) is 9.18 Å². The molecule has 1 heterocycles. The number of carbonyl (C=O) groups excluding carboxylic acids is 1. The molecule has 1 atom stereocenters. The highest BCUT2D eigenvalue weighted by molar-refractivity contribution is 5.74. The second-order valence-corrected chi connectivity index (χ2v) is 2.95. The number of likely N-dealkylation sites (tertiary alicyclic amines) is 1. The van der Waals surface area contributed by atoms with Gasteiger partial charge in [0.25, 0.3) is 0 Å². The van der Waals surface area contributed by atoms with Crippen LogP contribution in [0.4, 0.5) is 9.18 Å². The molecule has 0 aliphatic carbocycles. The summed E-state index contributed by atoms with van der Waals surface area (Å²) in [6.45, 7) is 0.554. The molecule has 0 bridgehead atoms. The molecule has 3 nitrogen and oxygen atoms in total. The van der Waals surface area contributed by atoms with Gasteiger partial charge in [-0.1, -0.05) is 0 Å². The molecule has 4 heteroatoms. The molecule has 64 valence electrons. The number of rotatable bonds is 0. The monoisotopic (exact) mass is 160 g/mol. The molecule has 1 saturated heterocycles. The Kier molecular flexibility index (Phi) is 2.31. The SMILES string of the molecule is CN(C)C(=O)N1CCCC1F. The highest BCUT2D eigenvalue weighted by atomic mass is 19.1.